The summed E-state index contributed by atoms with van der Waals surface area (Å²) in [6.45, 7) is 17.0. The predicted molar refractivity (Wildman–Crippen MR) is 259 cm³/mol. The lowest BCUT2D eigenvalue weighted by atomic mass is 10.0. The zero-order chi connectivity index (χ0) is 52.5. The minimum absolute atomic E-state index is 0.0246. The number of nitrogens with two attached hydrogens (primary N) is 1. The summed E-state index contributed by atoms with van der Waals surface area (Å²) < 4.78 is 64.1. The van der Waals surface area contributed by atoms with Crippen molar-refractivity contribution in [1.82, 2.24) is 4.90 Å². The van der Waals surface area contributed by atoms with E-state index in [2.05, 4.69) is 20.1 Å². The minimum Gasteiger partial charge on any atom is -0.480 e. The maximum Gasteiger partial charge on any atom is 0.416 e. The molecule has 0 saturated carbocycles. The van der Waals surface area contributed by atoms with Crippen LogP contribution in [0.15, 0.2) is 79.9 Å². The van der Waals surface area contributed by atoms with Crippen molar-refractivity contribution < 1.29 is 71.0 Å². The van der Waals surface area contributed by atoms with Crippen LogP contribution in [0.2, 0.25) is 10.0 Å². The monoisotopic (exact) mass is 1080 g/mol. The number of carbonyl (C=O) groups is 5. The van der Waals surface area contributed by atoms with Gasteiger partial charge in [0.05, 0.1) is 26.9 Å². The summed E-state index contributed by atoms with van der Waals surface area (Å²) in [5.41, 5.74) is 7.10. The maximum absolute atomic E-state index is 12.7. The van der Waals surface area contributed by atoms with E-state index >= 15 is 0 Å². The molecule has 2 unspecified atom stereocenters. The van der Waals surface area contributed by atoms with Gasteiger partial charge in [0.25, 0.3) is 5.91 Å². The van der Waals surface area contributed by atoms with Gasteiger partial charge in [0.2, 0.25) is 5.91 Å². The number of para-hydroxylation sites is 1. The van der Waals surface area contributed by atoms with Crippen LogP contribution in [0, 0.1) is 6.92 Å². The van der Waals surface area contributed by atoms with E-state index in [1.165, 1.54) is 23.7 Å². The molecule has 15 nitrogen and oxygen atoms in total. The van der Waals surface area contributed by atoms with Crippen molar-refractivity contribution in [2.75, 3.05) is 50.0 Å². The van der Waals surface area contributed by atoms with Crippen LogP contribution in [0.25, 0.3) is 0 Å². The molecule has 3 atom stereocenters. The summed E-state index contributed by atoms with van der Waals surface area (Å²) in [5.74, 6) is -4.01. The normalized spacial score (nSPS) is 12.4. The number of rotatable bonds is 20. The van der Waals surface area contributed by atoms with Gasteiger partial charge in [-0.3, -0.25) is 23.8 Å². The fourth-order valence-electron chi connectivity index (χ4n) is 5.00. The number of halogens is 8. The van der Waals surface area contributed by atoms with E-state index in [0.717, 1.165) is 48.4 Å². The van der Waals surface area contributed by atoms with Gasteiger partial charge in [0.15, 0.2) is 18.3 Å². The van der Waals surface area contributed by atoms with Gasteiger partial charge in [-0.05, 0) is 81.1 Å². The number of esters is 1. The number of carboxylic acids is 2. The number of aliphatic carboxylic acids is 2. The fraction of sp³-hybridized carbons (Fsp3) is 0.386. The molecular weight excluding hydrogens is 1030 g/mol. The molecule has 3 aromatic carbocycles. The lowest BCUT2D eigenvalue weighted by molar-refractivity contribution is -0.146. The third-order valence-electron chi connectivity index (χ3n) is 8.46. The molecule has 378 valence electrons. The average Bonchev–Trinajstić information content (AvgIpc) is 3.26. The number of alkyl halides is 6. The molecule has 5 N–H and O–H groups in total. The van der Waals surface area contributed by atoms with Crippen molar-refractivity contribution in [2.45, 2.75) is 63.7 Å². The first kappa shape index (κ1) is 63.6. The number of carboxylic acid groups (broad SMARTS) is 2. The molecule has 0 bridgehead atoms. The van der Waals surface area contributed by atoms with Gasteiger partial charge in [-0.15, -0.1) is 24.8 Å². The molecular formula is C44H54Cl5F3N3O12P. The Morgan fingerprint density at radius 2 is 1.54 bits per heavy atom. The van der Waals surface area contributed by atoms with E-state index in [9.17, 15) is 41.7 Å². The molecule has 68 heavy (non-hydrogen) atoms. The van der Waals surface area contributed by atoms with E-state index in [-0.39, 0.29) is 64.1 Å². The van der Waals surface area contributed by atoms with Crippen molar-refractivity contribution >= 4 is 101 Å². The highest BCUT2D eigenvalue weighted by Crippen LogP contribution is 2.38. The largest absolute Gasteiger partial charge is 0.480 e. The Labute approximate surface area is 417 Å². The molecule has 0 saturated heterocycles. The first-order valence-electron chi connectivity index (χ1n) is 20.0. The lowest BCUT2D eigenvalue weighted by Gasteiger charge is -2.25. The van der Waals surface area contributed by atoms with Crippen LogP contribution in [0.1, 0.15) is 54.2 Å². The van der Waals surface area contributed by atoms with E-state index in [1.54, 1.807) is 17.1 Å². The van der Waals surface area contributed by atoms with Crippen LogP contribution >= 0.6 is 65.4 Å². The zero-order valence-electron chi connectivity index (χ0n) is 37.6. The summed E-state index contributed by atoms with van der Waals surface area (Å²) in [7, 11) is -3.10. The molecule has 0 aliphatic carbocycles. The quantitative estimate of drug-likeness (QED) is 0.0272. The highest BCUT2D eigenvalue weighted by molar-refractivity contribution is 7.57. The molecule has 0 spiro atoms. The van der Waals surface area contributed by atoms with Crippen LogP contribution < -0.4 is 15.4 Å². The number of aryl methyl sites for hydroxylation is 2. The van der Waals surface area contributed by atoms with Crippen molar-refractivity contribution in [1.29, 1.82) is 0 Å². The second kappa shape index (κ2) is 31.7. The Kier molecular flexibility index (Phi) is 29.7. The van der Waals surface area contributed by atoms with Gasteiger partial charge in [-0.25, -0.2) is 9.59 Å². The van der Waals surface area contributed by atoms with Gasteiger partial charge >= 0.3 is 24.1 Å². The number of hydrogen-bond donors (Lipinski definition) is 4. The topological polar surface area (TPSA) is 223 Å². The molecule has 0 aliphatic heterocycles. The first-order valence-corrected chi connectivity index (χ1v) is 24.4. The Morgan fingerprint density at radius 3 is 2.00 bits per heavy atom. The van der Waals surface area contributed by atoms with Crippen LogP contribution in [-0.4, -0.2) is 112 Å². The smallest absolute Gasteiger partial charge is 0.416 e. The highest BCUT2D eigenvalue weighted by atomic mass is 35.5. The third kappa shape index (κ3) is 23.8. The highest BCUT2D eigenvalue weighted by Gasteiger charge is 2.31. The molecule has 3 rings (SSSR count). The SMILES string of the molecule is C=CCN(CC=C)C(=O)C(Cl)Cl.CCOCN(C(=O)CCl)c1c(C)cccc1CC.CP(=O)(O)CCC(N)C(=O)O.C[C@H](OC(=O)c1cc(Oc2ccc(C(F)(F)F)cc2Cl)ccc1Cl)C(=O)O. The molecule has 0 heterocycles. The van der Waals surface area contributed by atoms with E-state index in [1.807, 2.05) is 32.0 Å². The summed E-state index contributed by atoms with van der Waals surface area (Å²) in [6.07, 6.45) is -1.87. The number of carbonyl (C=O) groups excluding carboxylic acids is 3. The van der Waals surface area contributed by atoms with Crippen LogP contribution in [-0.2, 0) is 45.8 Å². The number of ether oxygens (including phenoxy) is 3. The molecule has 3 aromatic rings. The van der Waals surface area contributed by atoms with Gasteiger partial charge in [0, 0.05) is 32.5 Å². The van der Waals surface area contributed by atoms with Crippen LogP contribution in [0.5, 0.6) is 11.5 Å². The van der Waals surface area contributed by atoms with Gasteiger partial charge < -0.3 is 40.0 Å². The summed E-state index contributed by atoms with van der Waals surface area (Å²) in [4.78, 5) is 66.9. The van der Waals surface area contributed by atoms with E-state index in [0.29, 0.717) is 25.8 Å². The molecule has 0 aliphatic rings. The maximum atomic E-state index is 12.7. The fourth-order valence-corrected chi connectivity index (χ4v) is 6.59. The molecule has 2 amide bonds. The molecule has 24 heteroatoms. The number of amides is 2. The zero-order valence-corrected chi connectivity index (χ0v) is 42.3. The van der Waals surface area contributed by atoms with Crippen molar-refractivity contribution in [3.8, 4) is 11.5 Å². The van der Waals surface area contributed by atoms with E-state index in [4.69, 9.17) is 93.1 Å². The Hall–Kier alpha value is -4.36. The van der Waals surface area contributed by atoms with Crippen molar-refractivity contribution in [3.63, 3.8) is 0 Å². The van der Waals surface area contributed by atoms with Gasteiger partial charge in [-0.1, -0.05) is 83.7 Å². The van der Waals surface area contributed by atoms with Gasteiger partial charge in [0.1, 0.15) is 30.2 Å². The average molecular weight is 1080 g/mol. The first-order chi connectivity index (χ1) is 31.6. The third-order valence-corrected chi connectivity index (χ3v) is 10.8. The van der Waals surface area contributed by atoms with Crippen LogP contribution in [0.3, 0.4) is 0 Å². The summed E-state index contributed by atoms with van der Waals surface area (Å²) in [6, 6.07) is 11.3. The number of hydrogen-bond acceptors (Lipinski definition) is 10. The summed E-state index contributed by atoms with van der Waals surface area (Å²) in [5, 5.41) is 16.7. The Bertz CT molecular complexity index is 2210. The predicted octanol–water partition coefficient (Wildman–Crippen LogP) is 10.2. The molecule has 0 aromatic heterocycles. The second-order valence-electron chi connectivity index (χ2n) is 13.9. The van der Waals surface area contributed by atoms with Gasteiger partial charge in [-0.2, -0.15) is 13.2 Å². The second-order valence-corrected chi connectivity index (χ2v) is 18.6. The number of benzene rings is 3. The Morgan fingerprint density at radius 1 is 0.941 bits per heavy atom. The van der Waals surface area contributed by atoms with Crippen LogP contribution in [0.4, 0.5) is 18.9 Å². The lowest BCUT2D eigenvalue weighted by Crippen LogP contribution is -2.35. The van der Waals surface area contributed by atoms with E-state index < -0.39 is 54.0 Å². The Balaban J connectivity index is 0.000000948. The molecule has 0 radical (unpaired) electrons. The van der Waals surface area contributed by atoms with Crippen molar-refractivity contribution in [2.24, 2.45) is 5.73 Å². The number of anilines is 1. The standard InChI is InChI=1S/C17H11Cl2F3O5.C14H20ClNO2.C8H11Cl2NO.C5H12NO4P/c1-8(15(23)24)26-16(25)11-7-10(3-4-12(11)18)27-14-5-2-9(6-13(14)19)17(20,21)22;1-4-12-8-6-7-11(3)14(12)16(10-18-5-2)13(17)9-15;1-3-5-11(6-4-2)8(12)7(9)10;1-11(9,10)3-2-4(6)5(7)8/h2-8H,1H3,(H,23,24);6-8H,4-5,9-10H2,1-3H3;3-4,7H,1-2,5-6H2;4H,2-3,6H2,1H3,(H,7,8)(H,9,10)/t8-;;;/m0.../s1. The van der Waals surface area contributed by atoms with Crippen molar-refractivity contribution in [3.05, 3.63) is 112 Å². The minimum atomic E-state index is -4.56. The number of nitrogens with zero attached hydrogens (tertiary/aromatic N) is 2. The molecule has 0 fully saturated rings. The summed E-state index contributed by atoms with van der Waals surface area (Å²) >= 11 is 28.2.